The van der Waals surface area contributed by atoms with E-state index in [0.29, 0.717) is 19.3 Å². The van der Waals surface area contributed by atoms with Crippen LogP contribution in [0.3, 0.4) is 0 Å². The van der Waals surface area contributed by atoms with Gasteiger partial charge < -0.3 is 10.4 Å². The van der Waals surface area contributed by atoms with Gasteiger partial charge >= 0.3 is 5.97 Å². The number of amides is 1. The van der Waals surface area contributed by atoms with Gasteiger partial charge in [-0.2, -0.15) is 0 Å². The van der Waals surface area contributed by atoms with Crippen LogP contribution in [0.15, 0.2) is 30.3 Å². The fourth-order valence-electron chi connectivity index (χ4n) is 2.50. The SMILES string of the molecule is O=C(C/C=C/c1ccc(F)cc1)N[C@@H]1CC[C@H](C(=O)O)C1. The first-order valence-electron chi connectivity index (χ1n) is 6.99. The third kappa shape index (κ3) is 4.70. The van der Waals surface area contributed by atoms with Gasteiger partial charge in [0.2, 0.25) is 5.91 Å². The number of nitrogens with one attached hydrogen (secondary N) is 1. The van der Waals surface area contributed by atoms with E-state index in [4.69, 9.17) is 5.11 Å². The maximum atomic E-state index is 12.7. The van der Waals surface area contributed by atoms with E-state index in [0.717, 1.165) is 5.56 Å². The number of rotatable bonds is 5. The molecule has 1 aliphatic rings. The minimum Gasteiger partial charge on any atom is -0.481 e. The molecule has 5 heteroatoms. The van der Waals surface area contributed by atoms with Crippen LogP contribution in [-0.2, 0) is 9.59 Å². The number of aliphatic carboxylic acids is 1. The second-order valence-electron chi connectivity index (χ2n) is 5.27. The molecule has 0 radical (unpaired) electrons. The first-order valence-corrected chi connectivity index (χ1v) is 6.99. The molecule has 1 saturated carbocycles. The van der Waals surface area contributed by atoms with Gasteiger partial charge in [0, 0.05) is 12.5 Å². The summed E-state index contributed by atoms with van der Waals surface area (Å²) in [7, 11) is 0. The van der Waals surface area contributed by atoms with Crippen LogP contribution in [0.1, 0.15) is 31.2 Å². The van der Waals surface area contributed by atoms with E-state index in [1.54, 1.807) is 24.3 Å². The number of carboxylic acid groups (broad SMARTS) is 1. The smallest absolute Gasteiger partial charge is 0.306 e. The zero-order valence-electron chi connectivity index (χ0n) is 11.6. The van der Waals surface area contributed by atoms with Gasteiger partial charge in [0.15, 0.2) is 0 Å². The first-order chi connectivity index (χ1) is 10.0. The van der Waals surface area contributed by atoms with Crippen LogP contribution in [0.2, 0.25) is 0 Å². The number of hydrogen-bond donors (Lipinski definition) is 2. The number of carbonyl (C=O) groups is 2. The summed E-state index contributed by atoms with van der Waals surface area (Å²) in [6, 6.07) is 5.96. The van der Waals surface area contributed by atoms with Crippen molar-refractivity contribution in [3.63, 3.8) is 0 Å². The van der Waals surface area contributed by atoms with E-state index in [1.807, 2.05) is 0 Å². The summed E-state index contributed by atoms with van der Waals surface area (Å²) in [5.74, 6) is -1.54. The summed E-state index contributed by atoms with van der Waals surface area (Å²) >= 11 is 0. The van der Waals surface area contributed by atoms with Crippen LogP contribution in [0.5, 0.6) is 0 Å². The van der Waals surface area contributed by atoms with Gasteiger partial charge in [-0.05, 0) is 37.0 Å². The van der Waals surface area contributed by atoms with Crippen molar-refractivity contribution in [2.24, 2.45) is 5.92 Å². The van der Waals surface area contributed by atoms with E-state index in [1.165, 1.54) is 12.1 Å². The number of carboxylic acids is 1. The molecule has 112 valence electrons. The first kappa shape index (κ1) is 15.2. The zero-order chi connectivity index (χ0) is 15.2. The molecule has 1 aliphatic carbocycles. The maximum Gasteiger partial charge on any atom is 0.306 e. The molecule has 2 rings (SSSR count). The molecule has 0 aromatic heterocycles. The molecule has 0 bridgehead atoms. The molecule has 1 aromatic rings. The molecule has 21 heavy (non-hydrogen) atoms. The van der Waals surface area contributed by atoms with Gasteiger partial charge in [-0.15, -0.1) is 0 Å². The van der Waals surface area contributed by atoms with Gasteiger partial charge in [-0.1, -0.05) is 24.3 Å². The normalized spacial score (nSPS) is 21.6. The average molecular weight is 291 g/mol. The predicted molar refractivity (Wildman–Crippen MR) is 77.0 cm³/mol. The van der Waals surface area contributed by atoms with Crippen molar-refractivity contribution in [1.82, 2.24) is 5.32 Å². The Bertz CT molecular complexity index is 539. The number of halogens is 1. The molecule has 1 aromatic carbocycles. The van der Waals surface area contributed by atoms with Gasteiger partial charge in [-0.3, -0.25) is 9.59 Å². The van der Waals surface area contributed by atoms with Gasteiger partial charge in [0.1, 0.15) is 5.82 Å². The van der Waals surface area contributed by atoms with Crippen molar-refractivity contribution < 1.29 is 19.1 Å². The summed E-state index contributed by atoms with van der Waals surface area (Å²) in [6.45, 7) is 0. The van der Waals surface area contributed by atoms with Crippen molar-refractivity contribution in [2.75, 3.05) is 0 Å². The van der Waals surface area contributed by atoms with E-state index >= 15 is 0 Å². The van der Waals surface area contributed by atoms with Crippen LogP contribution in [0.4, 0.5) is 4.39 Å². The second kappa shape index (κ2) is 7.02. The summed E-state index contributed by atoms with van der Waals surface area (Å²) in [5.41, 5.74) is 0.830. The van der Waals surface area contributed by atoms with Crippen LogP contribution < -0.4 is 5.32 Å². The number of benzene rings is 1. The Labute approximate surface area is 122 Å². The zero-order valence-corrected chi connectivity index (χ0v) is 11.6. The molecule has 1 amide bonds. The van der Waals surface area contributed by atoms with Crippen molar-refractivity contribution in [3.8, 4) is 0 Å². The summed E-state index contributed by atoms with van der Waals surface area (Å²) in [5, 5.41) is 11.7. The molecular formula is C16H18FNO3. The minimum atomic E-state index is -0.789. The third-order valence-corrected chi connectivity index (χ3v) is 3.63. The van der Waals surface area contributed by atoms with Crippen molar-refractivity contribution in [3.05, 3.63) is 41.7 Å². The Hall–Kier alpha value is -2.17. The Balaban J connectivity index is 1.75. The molecule has 4 nitrogen and oxygen atoms in total. The highest BCUT2D eigenvalue weighted by Gasteiger charge is 2.30. The van der Waals surface area contributed by atoms with E-state index in [-0.39, 0.29) is 30.1 Å². The van der Waals surface area contributed by atoms with Crippen LogP contribution in [-0.4, -0.2) is 23.0 Å². The lowest BCUT2D eigenvalue weighted by Gasteiger charge is -2.11. The summed E-state index contributed by atoms with van der Waals surface area (Å²) in [4.78, 5) is 22.6. The fraction of sp³-hybridized carbons (Fsp3) is 0.375. The minimum absolute atomic E-state index is 0.0437. The number of carbonyl (C=O) groups excluding carboxylic acids is 1. The number of hydrogen-bond acceptors (Lipinski definition) is 2. The highest BCUT2D eigenvalue weighted by Crippen LogP contribution is 2.25. The average Bonchev–Trinajstić information content (AvgIpc) is 2.90. The van der Waals surface area contributed by atoms with Crippen molar-refractivity contribution >= 4 is 18.0 Å². The molecular weight excluding hydrogens is 273 g/mol. The van der Waals surface area contributed by atoms with E-state index < -0.39 is 5.97 Å². The third-order valence-electron chi connectivity index (χ3n) is 3.63. The summed E-state index contributed by atoms with van der Waals surface area (Å²) in [6.07, 6.45) is 5.53. The highest BCUT2D eigenvalue weighted by molar-refractivity contribution is 5.79. The Morgan fingerprint density at radius 2 is 2.00 bits per heavy atom. The summed E-state index contributed by atoms with van der Waals surface area (Å²) < 4.78 is 12.7. The monoisotopic (exact) mass is 291 g/mol. The maximum absolute atomic E-state index is 12.7. The lowest BCUT2D eigenvalue weighted by atomic mass is 10.1. The molecule has 0 unspecified atom stereocenters. The Kier molecular flexibility index (Phi) is 5.09. The predicted octanol–water partition coefficient (Wildman–Crippen LogP) is 2.60. The van der Waals surface area contributed by atoms with E-state index in [9.17, 15) is 14.0 Å². The molecule has 1 fully saturated rings. The van der Waals surface area contributed by atoms with Crippen molar-refractivity contribution in [2.45, 2.75) is 31.7 Å². The standard InChI is InChI=1S/C16H18FNO3/c17-13-7-4-11(5-8-13)2-1-3-15(19)18-14-9-6-12(10-14)16(20)21/h1-2,4-5,7-8,12,14H,3,6,9-10H2,(H,18,19)(H,20,21)/b2-1+/t12-,14+/m0/s1. The van der Waals surface area contributed by atoms with Crippen LogP contribution >= 0.6 is 0 Å². The largest absolute Gasteiger partial charge is 0.481 e. The fourth-order valence-corrected chi connectivity index (χ4v) is 2.50. The molecule has 0 spiro atoms. The van der Waals surface area contributed by atoms with Crippen LogP contribution in [0, 0.1) is 11.7 Å². The molecule has 0 saturated heterocycles. The molecule has 0 heterocycles. The van der Waals surface area contributed by atoms with Gasteiger partial charge in [0.05, 0.1) is 5.92 Å². The van der Waals surface area contributed by atoms with Gasteiger partial charge in [-0.25, -0.2) is 4.39 Å². The second-order valence-corrected chi connectivity index (χ2v) is 5.27. The van der Waals surface area contributed by atoms with Crippen molar-refractivity contribution in [1.29, 1.82) is 0 Å². The molecule has 2 N–H and O–H groups in total. The van der Waals surface area contributed by atoms with E-state index in [2.05, 4.69) is 5.32 Å². The lowest BCUT2D eigenvalue weighted by Crippen LogP contribution is -2.32. The van der Waals surface area contributed by atoms with Crippen LogP contribution in [0.25, 0.3) is 6.08 Å². The molecule has 0 aliphatic heterocycles. The van der Waals surface area contributed by atoms with Gasteiger partial charge in [0.25, 0.3) is 0 Å². The topological polar surface area (TPSA) is 66.4 Å². The quantitative estimate of drug-likeness (QED) is 0.876. The highest BCUT2D eigenvalue weighted by atomic mass is 19.1. The molecule has 2 atom stereocenters. The lowest BCUT2D eigenvalue weighted by molar-refractivity contribution is -0.141. The Morgan fingerprint density at radius 1 is 1.29 bits per heavy atom. The Morgan fingerprint density at radius 3 is 2.62 bits per heavy atom.